The van der Waals surface area contributed by atoms with E-state index in [1.54, 1.807) is 18.2 Å². The number of aliphatic hydroxyl groups is 1. The maximum atomic E-state index is 12.8. The van der Waals surface area contributed by atoms with E-state index >= 15 is 0 Å². The van der Waals surface area contributed by atoms with Crippen LogP contribution in [-0.2, 0) is 16.4 Å². The second-order valence-corrected chi connectivity index (χ2v) is 10.6. The van der Waals surface area contributed by atoms with Crippen LogP contribution in [0.5, 0.6) is 5.75 Å². The number of amides is 1. The van der Waals surface area contributed by atoms with Gasteiger partial charge in [-0.15, -0.1) is 0 Å². The first-order valence-electron chi connectivity index (χ1n) is 12.3. The highest BCUT2D eigenvalue weighted by atomic mass is 19.4. The molecule has 1 aliphatic carbocycles. The number of halogens is 3. The first kappa shape index (κ1) is 26.8. The van der Waals surface area contributed by atoms with E-state index in [1.807, 2.05) is 12.1 Å². The van der Waals surface area contributed by atoms with Gasteiger partial charge in [0.2, 0.25) is 0 Å². The van der Waals surface area contributed by atoms with E-state index in [0.29, 0.717) is 42.3 Å². The lowest BCUT2D eigenvalue weighted by molar-refractivity contribution is -0.918. The molecule has 2 aliphatic rings. The molecule has 2 aromatic carbocycles. The maximum absolute atomic E-state index is 12.8. The number of phenols is 1. The van der Waals surface area contributed by atoms with Crippen LogP contribution < -0.4 is 5.32 Å². The second kappa shape index (κ2) is 9.88. The van der Waals surface area contributed by atoms with Crippen molar-refractivity contribution < 1.29 is 32.7 Å². The number of rotatable bonds is 4. The number of nitrogens with zero attached hydrogens (tertiary/aromatic N) is 1. The van der Waals surface area contributed by atoms with Crippen molar-refractivity contribution in [2.45, 2.75) is 48.9 Å². The van der Waals surface area contributed by atoms with Crippen LogP contribution in [0.15, 0.2) is 61.2 Å². The molecule has 1 heterocycles. The Morgan fingerprint density at radius 1 is 1.24 bits per heavy atom. The third-order valence-electron chi connectivity index (χ3n) is 7.95. The fraction of sp³-hybridized carbons (Fsp3) is 0.414. The Kier molecular flexibility index (Phi) is 7.15. The normalized spacial score (nSPS) is 29.4. The molecule has 1 saturated carbocycles. The molecule has 0 spiro atoms. The van der Waals surface area contributed by atoms with E-state index in [2.05, 4.69) is 30.8 Å². The standard InChI is InChI=1S/C29H31F3N2O3/c1-3-16-34(2)17-15-27(23-5-4-6-25(35)18-23)19-24(13-14-28(27,37)20-34)33-26(36)12-9-21-7-10-22(11-8-21)29(30,31)32/h3-8,10-11,18,24,37H,1,13-17,19-20H2,2H3,(H-,33,35,36)/p+1/t24-,27-,28?,34-/m0/s1. The number of hydrogen-bond acceptors (Lipinski definition) is 3. The van der Waals surface area contributed by atoms with E-state index in [1.165, 1.54) is 12.1 Å². The highest BCUT2D eigenvalue weighted by molar-refractivity contribution is 5.94. The quantitative estimate of drug-likeness (QED) is 0.327. The summed E-state index contributed by atoms with van der Waals surface area (Å²) in [7, 11) is 2.11. The number of hydrogen-bond donors (Lipinski definition) is 3. The summed E-state index contributed by atoms with van der Waals surface area (Å²) in [5, 5.41) is 25.2. The molecule has 1 amide bonds. The summed E-state index contributed by atoms with van der Waals surface area (Å²) in [6, 6.07) is 11.1. The number of carbonyl (C=O) groups is 1. The number of benzene rings is 2. The van der Waals surface area contributed by atoms with Crippen molar-refractivity contribution >= 4 is 5.91 Å². The van der Waals surface area contributed by atoms with Crippen LogP contribution in [0, 0.1) is 11.8 Å². The Morgan fingerprint density at radius 2 is 1.97 bits per heavy atom. The number of quaternary nitrogens is 1. The predicted octanol–water partition coefficient (Wildman–Crippen LogP) is 4.14. The van der Waals surface area contributed by atoms with Gasteiger partial charge in [-0.25, -0.2) is 0 Å². The Bertz CT molecular complexity index is 1230. The number of aromatic hydroxyl groups is 1. The first-order chi connectivity index (χ1) is 17.4. The molecule has 1 aliphatic heterocycles. The van der Waals surface area contributed by atoms with Gasteiger partial charge < -0.3 is 20.0 Å². The molecule has 3 N–H and O–H groups in total. The largest absolute Gasteiger partial charge is 0.508 e. The molecule has 5 nitrogen and oxygen atoms in total. The lowest BCUT2D eigenvalue weighted by Gasteiger charge is -2.59. The minimum Gasteiger partial charge on any atom is -0.508 e. The van der Waals surface area contributed by atoms with Crippen molar-refractivity contribution in [1.82, 2.24) is 5.32 Å². The van der Waals surface area contributed by atoms with Crippen molar-refractivity contribution in [3.8, 4) is 17.6 Å². The van der Waals surface area contributed by atoms with Crippen LogP contribution >= 0.6 is 0 Å². The Balaban J connectivity index is 1.54. The van der Waals surface area contributed by atoms with Gasteiger partial charge in [-0.3, -0.25) is 4.79 Å². The Morgan fingerprint density at radius 3 is 2.62 bits per heavy atom. The van der Waals surface area contributed by atoms with Gasteiger partial charge in [-0.1, -0.05) is 24.6 Å². The molecule has 196 valence electrons. The van der Waals surface area contributed by atoms with E-state index in [4.69, 9.17) is 0 Å². The topological polar surface area (TPSA) is 69.6 Å². The number of piperidine rings is 1. The maximum Gasteiger partial charge on any atom is 0.416 e. The zero-order chi connectivity index (χ0) is 26.9. The molecule has 4 rings (SSSR count). The van der Waals surface area contributed by atoms with Crippen molar-refractivity contribution in [1.29, 1.82) is 0 Å². The summed E-state index contributed by atoms with van der Waals surface area (Å²) in [5.41, 5.74) is -1.32. The van der Waals surface area contributed by atoms with Crippen molar-refractivity contribution in [2.24, 2.45) is 0 Å². The SMILES string of the molecule is C=CC[N@@+]1(C)CC[C@@]2(c3cccc(O)c3)C[C@@H](NC(=O)C#Cc3ccc(C(F)(F)F)cc3)CCC2(O)C1. The molecular formula is C29H32F3N2O3+. The Hall–Kier alpha value is -3.28. The van der Waals surface area contributed by atoms with E-state index in [-0.39, 0.29) is 11.8 Å². The zero-order valence-corrected chi connectivity index (χ0v) is 20.8. The van der Waals surface area contributed by atoms with E-state index < -0.39 is 28.7 Å². The Labute approximate surface area is 215 Å². The smallest absolute Gasteiger partial charge is 0.416 e. The monoisotopic (exact) mass is 513 g/mol. The van der Waals surface area contributed by atoms with Gasteiger partial charge in [0.05, 0.1) is 25.7 Å². The van der Waals surface area contributed by atoms with Crippen LogP contribution in [-0.4, -0.2) is 58.9 Å². The van der Waals surface area contributed by atoms with Gasteiger partial charge in [-0.05, 0) is 67.3 Å². The predicted molar refractivity (Wildman–Crippen MR) is 134 cm³/mol. The van der Waals surface area contributed by atoms with Gasteiger partial charge in [0.15, 0.2) is 0 Å². The van der Waals surface area contributed by atoms with Gasteiger partial charge in [0, 0.05) is 29.4 Å². The van der Waals surface area contributed by atoms with Crippen molar-refractivity contribution in [3.05, 3.63) is 77.9 Å². The molecular weight excluding hydrogens is 481 g/mol. The van der Waals surface area contributed by atoms with Crippen LogP contribution in [0.2, 0.25) is 0 Å². The summed E-state index contributed by atoms with van der Waals surface area (Å²) in [6.45, 7) is 5.94. The first-order valence-corrected chi connectivity index (χ1v) is 12.3. The molecule has 4 atom stereocenters. The molecule has 0 aromatic heterocycles. The highest BCUT2D eigenvalue weighted by Gasteiger charge is 2.61. The van der Waals surface area contributed by atoms with E-state index in [9.17, 15) is 28.2 Å². The third-order valence-corrected chi connectivity index (χ3v) is 7.95. The molecule has 2 aromatic rings. The second-order valence-electron chi connectivity index (χ2n) is 10.6. The molecule has 0 radical (unpaired) electrons. The summed E-state index contributed by atoms with van der Waals surface area (Å²) < 4.78 is 38.9. The van der Waals surface area contributed by atoms with E-state index in [0.717, 1.165) is 30.8 Å². The summed E-state index contributed by atoms with van der Waals surface area (Å²) in [4.78, 5) is 12.7. The number of likely N-dealkylation sites (tertiary alicyclic amines) is 1. The molecule has 8 heteroatoms. The highest BCUT2D eigenvalue weighted by Crippen LogP contribution is 2.53. The average Bonchev–Trinajstić information content (AvgIpc) is 2.83. The molecule has 1 unspecified atom stereocenters. The lowest BCUT2D eigenvalue weighted by atomic mass is 9.55. The summed E-state index contributed by atoms with van der Waals surface area (Å²) in [6.07, 6.45) is -0.399. The minimum atomic E-state index is -4.43. The van der Waals surface area contributed by atoms with Crippen LogP contribution in [0.25, 0.3) is 0 Å². The zero-order valence-electron chi connectivity index (χ0n) is 20.8. The van der Waals surface area contributed by atoms with Gasteiger partial charge in [-0.2, -0.15) is 13.2 Å². The molecule has 2 fully saturated rings. The lowest BCUT2D eigenvalue weighted by Crippen LogP contribution is -2.71. The number of nitrogens with one attached hydrogen (secondary N) is 1. The van der Waals surface area contributed by atoms with Crippen LogP contribution in [0.4, 0.5) is 13.2 Å². The summed E-state index contributed by atoms with van der Waals surface area (Å²) in [5.74, 6) is 4.70. The average molecular weight is 514 g/mol. The fourth-order valence-electron chi connectivity index (χ4n) is 6.12. The number of phenolic OH excluding ortho intramolecular Hbond substituents is 1. The fourth-order valence-corrected chi connectivity index (χ4v) is 6.12. The van der Waals surface area contributed by atoms with Gasteiger partial charge >= 0.3 is 6.18 Å². The van der Waals surface area contributed by atoms with Crippen molar-refractivity contribution in [3.63, 3.8) is 0 Å². The van der Waals surface area contributed by atoms with Gasteiger partial charge in [0.1, 0.15) is 17.9 Å². The third kappa shape index (κ3) is 5.53. The van der Waals surface area contributed by atoms with Gasteiger partial charge in [0.25, 0.3) is 5.91 Å². The molecule has 37 heavy (non-hydrogen) atoms. The summed E-state index contributed by atoms with van der Waals surface area (Å²) >= 11 is 0. The molecule has 1 saturated heterocycles. The number of alkyl halides is 3. The van der Waals surface area contributed by atoms with Crippen LogP contribution in [0.3, 0.4) is 0 Å². The minimum absolute atomic E-state index is 0.122. The number of likely N-dealkylation sites (N-methyl/N-ethyl adjacent to an activating group) is 1. The number of fused-ring (bicyclic) bond motifs is 1. The van der Waals surface area contributed by atoms with Crippen LogP contribution in [0.1, 0.15) is 42.4 Å². The molecule has 0 bridgehead atoms. The number of carbonyl (C=O) groups excluding carboxylic acids is 1. The van der Waals surface area contributed by atoms with Crippen molar-refractivity contribution in [2.75, 3.05) is 26.7 Å².